The van der Waals surface area contributed by atoms with E-state index in [1.54, 1.807) is 30.3 Å². The summed E-state index contributed by atoms with van der Waals surface area (Å²) in [4.78, 5) is 13.1. The maximum absolute atomic E-state index is 12.9. The standard InChI is InChI=1S/C18H25N3O3S.ClH/c22-18(20-15-11-13-8-9-14(12-15)19-13)17-7-4-10-21(17)25(23,24)16-5-2-1-3-6-16;/h1-3,5-6,13-15,17,19H,4,7-12H2,(H,20,22);1H. The van der Waals surface area contributed by atoms with E-state index >= 15 is 0 Å². The van der Waals surface area contributed by atoms with Crippen molar-refractivity contribution in [2.75, 3.05) is 6.54 Å². The molecule has 8 heteroatoms. The average Bonchev–Trinajstić information content (AvgIpc) is 3.23. The largest absolute Gasteiger partial charge is 0.352 e. The molecular formula is C18H26ClN3O3S. The van der Waals surface area contributed by atoms with Crippen molar-refractivity contribution < 1.29 is 13.2 Å². The molecule has 3 aliphatic rings. The normalized spacial score (nSPS) is 31.4. The Morgan fingerprint density at radius 3 is 2.38 bits per heavy atom. The summed E-state index contributed by atoms with van der Waals surface area (Å²) in [6.07, 6.45) is 5.56. The second-order valence-corrected chi connectivity index (χ2v) is 9.29. The van der Waals surface area contributed by atoms with Crippen LogP contribution in [0.2, 0.25) is 0 Å². The maximum Gasteiger partial charge on any atom is 0.243 e. The van der Waals surface area contributed by atoms with Gasteiger partial charge >= 0.3 is 0 Å². The van der Waals surface area contributed by atoms with Gasteiger partial charge in [-0.15, -0.1) is 12.4 Å². The molecule has 3 fully saturated rings. The SMILES string of the molecule is Cl.O=C(NC1CC2CCC(C1)N2)C1CCCN1S(=O)(=O)c1ccccc1. The van der Waals surface area contributed by atoms with Gasteiger partial charge in [-0.25, -0.2) is 8.42 Å². The van der Waals surface area contributed by atoms with E-state index in [1.165, 1.54) is 17.1 Å². The number of nitrogens with one attached hydrogen (secondary N) is 2. The fraction of sp³-hybridized carbons (Fsp3) is 0.611. The Morgan fingerprint density at radius 1 is 1.08 bits per heavy atom. The van der Waals surface area contributed by atoms with Gasteiger partial charge in [-0.05, 0) is 50.7 Å². The minimum Gasteiger partial charge on any atom is -0.352 e. The molecule has 2 N–H and O–H groups in total. The third-order valence-electron chi connectivity index (χ3n) is 5.68. The molecular weight excluding hydrogens is 374 g/mol. The lowest BCUT2D eigenvalue weighted by Crippen LogP contribution is -2.53. The fourth-order valence-electron chi connectivity index (χ4n) is 4.49. The van der Waals surface area contributed by atoms with E-state index < -0.39 is 16.1 Å². The van der Waals surface area contributed by atoms with Gasteiger partial charge in [-0.1, -0.05) is 18.2 Å². The number of amides is 1. The molecule has 1 amide bonds. The first kappa shape index (κ1) is 19.6. The molecule has 3 atom stereocenters. The number of fused-ring (bicyclic) bond motifs is 2. The Morgan fingerprint density at radius 2 is 1.73 bits per heavy atom. The van der Waals surface area contributed by atoms with Crippen molar-refractivity contribution in [3.8, 4) is 0 Å². The summed E-state index contributed by atoms with van der Waals surface area (Å²) in [5, 5.41) is 6.69. The molecule has 0 saturated carbocycles. The second-order valence-electron chi connectivity index (χ2n) is 7.40. The maximum atomic E-state index is 12.9. The molecule has 26 heavy (non-hydrogen) atoms. The Balaban J connectivity index is 0.00000196. The molecule has 4 rings (SSSR count). The molecule has 0 radical (unpaired) electrons. The molecule has 3 unspecified atom stereocenters. The number of carbonyl (C=O) groups excluding carboxylic acids is 1. The first-order valence-electron chi connectivity index (χ1n) is 9.17. The van der Waals surface area contributed by atoms with Crippen LogP contribution in [0.4, 0.5) is 0 Å². The van der Waals surface area contributed by atoms with Crippen LogP contribution < -0.4 is 10.6 Å². The Labute approximate surface area is 161 Å². The molecule has 0 aliphatic carbocycles. The summed E-state index contributed by atoms with van der Waals surface area (Å²) in [7, 11) is -3.62. The van der Waals surface area contributed by atoms with Crippen molar-refractivity contribution in [3.63, 3.8) is 0 Å². The Bertz CT molecular complexity index is 731. The van der Waals surface area contributed by atoms with Gasteiger partial charge in [0.1, 0.15) is 6.04 Å². The van der Waals surface area contributed by atoms with Gasteiger partial charge in [0.2, 0.25) is 15.9 Å². The number of sulfonamides is 1. The van der Waals surface area contributed by atoms with E-state index in [-0.39, 0.29) is 29.3 Å². The average molecular weight is 400 g/mol. The van der Waals surface area contributed by atoms with Crippen LogP contribution in [0.1, 0.15) is 38.5 Å². The predicted octanol–water partition coefficient (Wildman–Crippen LogP) is 1.66. The smallest absolute Gasteiger partial charge is 0.243 e. The molecule has 6 nitrogen and oxygen atoms in total. The van der Waals surface area contributed by atoms with Crippen LogP contribution in [0.5, 0.6) is 0 Å². The second kappa shape index (κ2) is 7.84. The molecule has 3 heterocycles. The summed E-state index contributed by atoms with van der Waals surface area (Å²) in [6, 6.07) is 8.96. The van der Waals surface area contributed by atoms with E-state index in [4.69, 9.17) is 0 Å². The van der Waals surface area contributed by atoms with Crippen LogP contribution in [-0.2, 0) is 14.8 Å². The van der Waals surface area contributed by atoms with Gasteiger partial charge in [0.05, 0.1) is 4.90 Å². The van der Waals surface area contributed by atoms with Gasteiger partial charge in [-0.3, -0.25) is 4.79 Å². The highest BCUT2D eigenvalue weighted by Crippen LogP contribution is 2.29. The Hall–Kier alpha value is -1.15. The predicted molar refractivity (Wildman–Crippen MR) is 102 cm³/mol. The van der Waals surface area contributed by atoms with Gasteiger partial charge in [0.25, 0.3) is 0 Å². The summed E-state index contributed by atoms with van der Waals surface area (Å²) in [5.74, 6) is -0.136. The molecule has 1 aromatic rings. The zero-order valence-corrected chi connectivity index (χ0v) is 16.3. The molecule has 0 spiro atoms. The molecule has 3 aliphatic heterocycles. The highest BCUT2D eigenvalue weighted by molar-refractivity contribution is 7.89. The summed E-state index contributed by atoms with van der Waals surface area (Å²) in [5.41, 5.74) is 0. The zero-order chi connectivity index (χ0) is 17.4. The number of hydrogen-bond acceptors (Lipinski definition) is 4. The number of nitrogens with zero attached hydrogens (tertiary/aromatic N) is 1. The summed E-state index contributed by atoms with van der Waals surface area (Å²) >= 11 is 0. The number of hydrogen-bond donors (Lipinski definition) is 2. The summed E-state index contributed by atoms with van der Waals surface area (Å²) < 4.78 is 27.2. The van der Waals surface area contributed by atoms with Gasteiger partial charge in [0, 0.05) is 24.7 Å². The van der Waals surface area contributed by atoms with Crippen LogP contribution in [0.3, 0.4) is 0 Å². The van der Waals surface area contributed by atoms with Gasteiger partial charge in [0.15, 0.2) is 0 Å². The quantitative estimate of drug-likeness (QED) is 0.807. The van der Waals surface area contributed by atoms with E-state index in [9.17, 15) is 13.2 Å². The number of benzene rings is 1. The first-order valence-corrected chi connectivity index (χ1v) is 10.6. The van der Waals surface area contributed by atoms with Crippen LogP contribution in [0.25, 0.3) is 0 Å². The number of rotatable bonds is 4. The van der Waals surface area contributed by atoms with Crippen molar-refractivity contribution in [1.29, 1.82) is 0 Å². The highest BCUT2D eigenvalue weighted by atomic mass is 35.5. The van der Waals surface area contributed by atoms with E-state index in [2.05, 4.69) is 10.6 Å². The number of piperidine rings is 1. The molecule has 3 saturated heterocycles. The lowest BCUT2D eigenvalue weighted by atomic mass is 9.99. The van der Waals surface area contributed by atoms with Crippen LogP contribution in [0, 0.1) is 0 Å². The lowest BCUT2D eigenvalue weighted by molar-refractivity contribution is -0.125. The molecule has 144 valence electrons. The van der Waals surface area contributed by atoms with Crippen molar-refractivity contribution in [3.05, 3.63) is 30.3 Å². The number of halogens is 1. The third kappa shape index (κ3) is 3.76. The molecule has 2 bridgehead atoms. The highest BCUT2D eigenvalue weighted by Gasteiger charge is 2.41. The van der Waals surface area contributed by atoms with Crippen molar-refractivity contribution in [1.82, 2.24) is 14.9 Å². The molecule has 0 aromatic heterocycles. The first-order chi connectivity index (χ1) is 12.0. The van der Waals surface area contributed by atoms with Crippen molar-refractivity contribution in [2.45, 2.75) is 67.6 Å². The minimum atomic E-state index is -3.62. The van der Waals surface area contributed by atoms with E-state index in [1.807, 2.05) is 0 Å². The third-order valence-corrected chi connectivity index (χ3v) is 7.60. The minimum absolute atomic E-state index is 0. The summed E-state index contributed by atoms with van der Waals surface area (Å²) in [6.45, 7) is 0.410. The van der Waals surface area contributed by atoms with Crippen molar-refractivity contribution >= 4 is 28.3 Å². The fourth-order valence-corrected chi connectivity index (χ4v) is 6.17. The zero-order valence-electron chi connectivity index (χ0n) is 14.6. The van der Waals surface area contributed by atoms with Crippen LogP contribution in [-0.4, -0.2) is 49.3 Å². The van der Waals surface area contributed by atoms with E-state index in [0.717, 1.165) is 19.3 Å². The molecule has 1 aromatic carbocycles. The monoisotopic (exact) mass is 399 g/mol. The Kier molecular flexibility index (Phi) is 5.91. The van der Waals surface area contributed by atoms with Crippen molar-refractivity contribution in [2.24, 2.45) is 0 Å². The van der Waals surface area contributed by atoms with Crippen LogP contribution in [0.15, 0.2) is 35.2 Å². The van der Waals surface area contributed by atoms with E-state index in [0.29, 0.717) is 25.0 Å². The van der Waals surface area contributed by atoms with Gasteiger partial charge in [-0.2, -0.15) is 4.31 Å². The van der Waals surface area contributed by atoms with Gasteiger partial charge < -0.3 is 10.6 Å². The topological polar surface area (TPSA) is 78.5 Å². The lowest BCUT2D eigenvalue weighted by Gasteiger charge is -2.31. The number of carbonyl (C=O) groups is 1. The van der Waals surface area contributed by atoms with Crippen LogP contribution >= 0.6 is 12.4 Å².